The number of benzene rings is 1. The summed E-state index contributed by atoms with van der Waals surface area (Å²) < 4.78 is 27.6. The molecule has 6 heteroatoms. The third-order valence-electron chi connectivity index (χ3n) is 5.10. The molecule has 0 aromatic heterocycles. The Morgan fingerprint density at radius 2 is 1.95 bits per heavy atom. The number of aliphatic hydroxyl groups is 1. The molecule has 2 saturated heterocycles. The summed E-state index contributed by atoms with van der Waals surface area (Å²) in [5.74, 6) is -2.33. The van der Waals surface area contributed by atoms with E-state index in [1.54, 1.807) is 0 Å². The van der Waals surface area contributed by atoms with Gasteiger partial charge in [0.1, 0.15) is 17.2 Å². The summed E-state index contributed by atoms with van der Waals surface area (Å²) in [4.78, 5) is 14.0. The minimum absolute atomic E-state index is 0.0104. The zero-order valence-corrected chi connectivity index (χ0v) is 12.3. The van der Waals surface area contributed by atoms with Crippen molar-refractivity contribution in [3.05, 3.63) is 35.4 Å². The van der Waals surface area contributed by atoms with Crippen molar-refractivity contribution in [1.82, 2.24) is 10.2 Å². The fraction of sp³-hybridized carbons (Fsp3) is 0.562. The van der Waals surface area contributed by atoms with Gasteiger partial charge in [0.05, 0.1) is 0 Å². The fourth-order valence-electron chi connectivity index (χ4n) is 3.79. The number of carbonyl (C=O) groups is 1. The Balaban J connectivity index is 1.85. The Labute approximate surface area is 128 Å². The van der Waals surface area contributed by atoms with Crippen molar-refractivity contribution in [3.63, 3.8) is 0 Å². The van der Waals surface area contributed by atoms with Crippen LogP contribution in [0.25, 0.3) is 0 Å². The van der Waals surface area contributed by atoms with Crippen molar-refractivity contribution >= 4 is 5.91 Å². The average Bonchev–Trinajstić information content (AvgIpc) is 2.86. The van der Waals surface area contributed by atoms with Gasteiger partial charge >= 0.3 is 0 Å². The summed E-state index contributed by atoms with van der Waals surface area (Å²) in [5.41, 5.74) is -0.637. The fourth-order valence-corrected chi connectivity index (χ4v) is 3.79. The summed E-state index contributed by atoms with van der Waals surface area (Å²) in [6, 6.07) is 3.43. The normalized spacial score (nSPS) is 24.0. The Morgan fingerprint density at radius 1 is 1.32 bits per heavy atom. The largest absolute Gasteiger partial charge is 0.396 e. The van der Waals surface area contributed by atoms with Crippen LogP contribution in [-0.4, -0.2) is 48.7 Å². The second-order valence-electron chi connectivity index (χ2n) is 6.27. The van der Waals surface area contributed by atoms with Gasteiger partial charge in [0.25, 0.3) is 5.91 Å². The molecule has 3 rings (SSSR count). The highest BCUT2D eigenvalue weighted by atomic mass is 19.1. The second-order valence-corrected chi connectivity index (χ2v) is 6.27. The lowest BCUT2D eigenvalue weighted by atomic mass is 9.71. The van der Waals surface area contributed by atoms with Crippen LogP contribution in [0.1, 0.15) is 23.2 Å². The van der Waals surface area contributed by atoms with Crippen LogP contribution in [0.15, 0.2) is 18.2 Å². The number of piperidine rings is 1. The number of aliphatic hydroxyl groups excluding tert-OH is 1. The van der Waals surface area contributed by atoms with Gasteiger partial charge in [0, 0.05) is 25.6 Å². The van der Waals surface area contributed by atoms with Crippen LogP contribution in [0, 0.1) is 23.0 Å². The molecule has 1 aromatic rings. The van der Waals surface area contributed by atoms with Crippen LogP contribution in [0.3, 0.4) is 0 Å². The zero-order valence-electron chi connectivity index (χ0n) is 12.3. The van der Waals surface area contributed by atoms with E-state index in [9.17, 15) is 18.7 Å². The van der Waals surface area contributed by atoms with Gasteiger partial charge in [-0.3, -0.25) is 4.79 Å². The SMILES string of the molecule is O=C(c1c(F)cccc1F)N1CC(CO)C2(CCNCC2)C1. The van der Waals surface area contributed by atoms with Crippen molar-refractivity contribution in [2.45, 2.75) is 12.8 Å². The van der Waals surface area contributed by atoms with Crippen molar-refractivity contribution in [3.8, 4) is 0 Å². The summed E-state index contributed by atoms with van der Waals surface area (Å²) in [6.45, 7) is 2.47. The van der Waals surface area contributed by atoms with Gasteiger partial charge in [-0.15, -0.1) is 0 Å². The first-order chi connectivity index (χ1) is 10.6. The van der Waals surface area contributed by atoms with E-state index in [4.69, 9.17) is 0 Å². The van der Waals surface area contributed by atoms with Gasteiger partial charge in [0.15, 0.2) is 0 Å². The third kappa shape index (κ3) is 2.50. The molecule has 4 nitrogen and oxygen atoms in total. The summed E-state index contributed by atoms with van der Waals surface area (Å²) in [5, 5.41) is 12.9. The van der Waals surface area contributed by atoms with Gasteiger partial charge in [-0.05, 0) is 43.5 Å². The number of hydrogen-bond acceptors (Lipinski definition) is 3. The molecule has 1 aromatic carbocycles. The molecule has 2 aliphatic rings. The summed E-state index contributed by atoms with van der Waals surface area (Å²) in [7, 11) is 0. The second kappa shape index (κ2) is 5.93. The maximum absolute atomic E-state index is 13.8. The van der Waals surface area contributed by atoms with E-state index in [0.717, 1.165) is 38.1 Å². The van der Waals surface area contributed by atoms with Crippen LogP contribution in [0.5, 0.6) is 0 Å². The zero-order chi connectivity index (χ0) is 15.7. The van der Waals surface area contributed by atoms with Crippen LogP contribution >= 0.6 is 0 Å². The number of amides is 1. The molecule has 1 atom stereocenters. The molecule has 0 radical (unpaired) electrons. The molecule has 2 fully saturated rings. The first-order valence-corrected chi connectivity index (χ1v) is 7.62. The van der Waals surface area contributed by atoms with Crippen LogP contribution in [0.2, 0.25) is 0 Å². The molecule has 1 spiro atoms. The molecule has 1 unspecified atom stereocenters. The molecule has 1 amide bonds. The quantitative estimate of drug-likeness (QED) is 0.868. The predicted octanol–water partition coefficient (Wildman–Crippen LogP) is 1.40. The molecule has 120 valence electrons. The molecule has 2 N–H and O–H groups in total. The summed E-state index contributed by atoms with van der Waals surface area (Å²) >= 11 is 0. The highest BCUT2D eigenvalue weighted by molar-refractivity contribution is 5.95. The molecule has 2 aliphatic heterocycles. The van der Waals surface area contributed by atoms with Crippen LogP contribution in [0.4, 0.5) is 8.78 Å². The van der Waals surface area contributed by atoms with Gasteiger partial charge in [-0.25, -0.2) is 8.78 Å². The first-order valence-electron chi connectivity index (χ1n) is 7.62. The van der Waals surface area contributed by atoms with E-state index < -0.39 is 23.1 Å². The molecular formula is C16H20F2N2O2. The molecule has 0 aliphatic carbocycles. The van der Waals surface area contributed by atoms with E-state index >= 15 is 0 Å². The lowest BCUT2D eigenvalue weighted by Crippen LogP contribution is -2.43. The number of nitrogens with zero attached hydrogens (tertiary/aromatic N) is 1. The molecule has 22 heavy (non-hydrogen) atoms. The molecule has 2 heterocycles. The number of hydrogen-bond donors (Lipinski definition) is 2. The standard InChI is InChI=1S/C16H20F2N2O2/c17-12-2-1-3-13(18)14(12)15(22)20-8-11(9-21)16(10-20)4-6-19-7-5-16/h1-3,11,19,21H,4-10H2. The summed E-state index contributed by atoms with van der Waals surface area (Å²) in [6.07, 6.45) is 1.73. The molecule has 0 saturated carbocycles. The number of likely N-dealkylation sites (tertiary alicyclic amines) is 1. The average molecular weight is 310 g/mol. The molecule has 0 bridgehead atoms. The minimum atomic E-state index is -0.836. The highest BCUT2D eigenvalue weighted by Gasteiger charge is 2.48. The van der Waals surface area contributed by atoms with Crippen molar-refractivity contribution < 1.29 is 18.7 Å². The third-order valence-corrected chi connectivity index (χ3v) is 5.10. The molecular weight excluding hydrogens is 290 g/mol. The highest BCUT2D eigenvalue weighted by Crippen LogP contribution is 2.43. The monoisotopic (exact) mass is 310 g/mol. The predicted molar refractivity (Wildman–Crippen MR) is 77.4 cm³/mol. The Hall–Kier alpha value is -1.53. The van der Waals surface area contributed by atoms with E-state index in [-0.39, 0.29) is 17.9 Å². The lowest BCUT2D eigenvalue weighted by molar-refractivity contribution is 0.0746. The topological polar surface area (TPSA) is 52.6 Å². The lowest BCUT2D eigenvalue weighted by Gasteiger charge is -2.37. The minimum Gasteiger partial charge on any atom is -0.396 e. The van der Waals surface area contributed by atoms with Crippen LogP contribution in [-0.2, 0) is 0 Å². The maximum atomic E-state index is 13.8. The number of carbonyl (C=O) groups excluding carboxylic acids is 1. The van der Waals surface area contributed by atoms with Crippen molar-refractivity contribution in [1.29, 1.82) is 0 Å². The number of rotatable bonds is 2. The Bertz CT molecular complexity index is 553. The Kier molecular flexibility index (Phi) is 4.14. The van der Waals surface area contributed by atoms with Gasteiger partial charge in [-0.1, -0.05) is 6.07 Å². The van der Waals surface area contributed by atoms with Gasteiger partial charge < -0.3 is 15.3 Å². The number of nitrogens with one attached hydrogen (secondary N) is 1. The van der Waals surface area contributed by atoms with Crippen molar-refractivity contribution in [2.75, 3.05) is 32.8 Å². The van der Waals surface area contributed by atoms with Crippen LogP contribution < -0.4 is 5.32 Å². The number of halogens is 2. The van der Waals surface area contributed by atoms with Gasteiger partial charge in [-0.2, -0.15) is 0 Å². The van der Waals surface area contributed by atoms with Gasteiger partial charge in [0.2, 0.25) is 0 Å². The van der Waals surface area contributed by atoms with E-state index in [0.29, 0.717) is 13.1 Å². The smallest absolute Gasteiger partial charge is 0.259 e. The maximum Gasteiger partial charge on any atom is 0.259 e. The first kappa shape index (κ1) is 15.4. The van der Waals surface area contributed by atoms with E-state index in [1.807, 2.05) is 0 Å². The van der Waals surface area contributed by atoms with Crippen molar-refractivity contribution in [2.24, 2.45) is 11.3 Å². The van der Waals surface area contributed by atoms with E-state index in [1.165, 1.54) is 11.0 Å². The Morgan fingerprint density at radius 3 is 2.55 bits per heavy atom. The van der Waals surface area contributed by atoms with E-state index in [2.05, 4.69) is 5.32 Å².